The van der Waals surface area contributed by atoms with Gasteiger partial charge in [-0.15, -0.1) is 0 Å². The maximum Gasteiger partial charge on any atom is 0.255 e. The molecule has 32 heavy (non-hydrogen) atoms. The fraction of sp³-hybridized carbons (Fsp3) is 0.364. The zero-order valence-corrected chi connectivity index (χ0v) is 18.4. The van der Waals surface area contributed by atoms with Crippen molar-refractivity contribution < 1.29 is 13.9 Å². The van der Waals surface area contributed by atoms with Crippen LogP contribution in [0.15, 0.2) is 36.9 Å². The predicted molar refractivity (Wildman–Crippen MR) is 121 cm³/mol. The van der Waals surface area contributed by atoms with Crippen molar-refractivity contribution in [1.82, 2.24) is 29.9 Å². The van der Waals surface area contributed by atoms with Crippen LogP contribution in [0.25, 0.3) is 27.7 Å². The van der Waals surface area contributed by atoms with Gasteiger partial charge in [-0.1, -0.05) is 0 Å². The van der Waals surface area contributed by atoms with Gasteiger partial charge in [-0.2, -0.15) is 10.1 Å². The smallest absolute Gasteiger partial charge is 0.255 e. The van der Waals surface area contributed by atoms with E-state index < -0.39 is 5.67 Å². The van der Waals surface area contributed by atoms with Gasteiger partial charge in [0.25, 0.3) is 5.91 Å². The number of carbonyl (C=O) groups excluding carboxylic acids is 1. The summed E-state index contributed by atoms with van der Waals surface area (Å²) in [6, 6.07) is 3.85. The number of amides is 1. The number of carbonyl (C=O) groups is 1. The molecule has 9 nitrogen and oxygen atoms in total. The molecule has 0 aromatic carbocycles. The maximum absolute atomic E-state index is 13.8. The first-order valence-electron chi connectivity index (χ1n) is 10.3. The fourth-order valence-corrected chi connectivity index (χ4v) is 3.44. The molecule has 0 aliphatic carbocycles. The molecular weight excluding hydrogens is 413 g/mol. The molecule has 0 saturated carbocycles. The van der Waals surface area contributed by atoms with E-state index in [0.717, 1.165) is 16.5 Å². The standard InChI is InChI=1S/C22H26FN7O2/c1-13(11-32-4)28-21-25-9-16-15(8-24-19(16)29-21)14-5-6-30-18(7-14)17(10-27-30)20(31)26-12-22(2,3)23/h5-10,13H,11-12H2,1-4H3,(H,26,31)(H2,24,25,28,29). The van der Waals surface area contributed by atoms with Crippen molar-refractivity contribution in [2.75, 3.05) is 25.6 Å². The first kappa shape index (κ1) is 21.7. The lowest BCUT2D eigenvalue weighted by atomic mass is 10.1. The highest BCUT2D eigenvalue weighted by Gasteiger charge is 2.20. The number of halogens is 1. The summed E-state index contributed by atoms with van der Waals surface area (Å²) in [6.45, 7) is 5.28. The second-order valence-corrected chi connectivity index (χ2v) is 8.36. The van der Waals surface area contributed by atoms with Gasteiger partial charge in [0.15, 0.2) is 0 Å². The number of methoxy groups -OCH3 is 1. The Morgan fingerprint density at radius 3 is 2.94 bits per heavy atom. The van der Waals surface area contributed by atoms with Gasteiger partial charge in [-0.05, 0) is 38.5 Å². The van der Waals surface area contributed by atoms with Gasteiger partial charge in [-0.25, -0.2) is 13.9 Å². The van der Waals surface area contributed by atoms with Crippen LogP contribution in [0.3, 0.4) is 0 Å². The predicted octanol–water partition coefficient (Wildman–Crippen LogP) is 3.20. The van der Waals surface area contributed by atoms with E-state index >= 15 is 0 Å². The third-order valence-electron chi connectivity index (χ3n) is 4.97. The van der Waals surface area contributed by atoms with Gasteiger partial charge < -0.3 is 20.4 Å². The first-order chi connectivity index (χ1) is 15.2. The number of anilines is 1. The lowest BCUT2D eigenvalue weighted by molar-refractivity contribution is 0.0922. The van der Waals surface area contributed by atoms with Gasteiger partial charge >= 0.3 is 0 Å². The molecule has 4 aromatic rings. The summed E-state index contributed by atoms with van der Waals surface area (Å²) < 4.78 is 20.5. The van der Waals surface area contributed by atoms with Crippen molar-refractivity contribution in [1.29, 1.82) is 0 Å². The number of aromatic nitrogens is 5. The van der Waals surface area contributed by atoms with Crippen LogP contribution in [0.2, 0.25) is 0 Å². The molecule has 1 unspecified atom stereocenters. The van der Waals surface area contributed by atoms with Crippen LogP contribution in [-0.2, 0) is 4.74 Å². The number of hydrogen-bond donors (Lipinski definition) is 3. The Labute approximate surface area is 184 Å². The van der Waals surface area contributed by atoms with E-state index in [4.69, 9.17) is 4.74 Å². The average Bonchev–Trinajstić information content (AvgIpc) is 3.35. The summed E-state index contributed by atoms with van der Waals surface area (Å²) in [6.07, 6.45) is 6.88. The quantitative estimate of drug-likeness (QED) is 0.389. The molecule has 168 valence electrons. The first-order valence-corrected chi connectivity index (χ1v) is 10.3. The summed E-state index contributed by atoms with van der Waals surface area (Å²) in [5.74, 6) is 0.141. The summed E-state index contributed by atoms with van der Waals surface area (Å²) in [5, 5.41) is 10.9. The van der Waals surface area contributed by atoms with Crippen LogP contribution >= 0.6 is 0 Å². The normalized spacial score (nSPS) is 12.9. The van der Waals surface area contributed by atoms with Crippen LogP contribution in [0.5, 0.6) is 0 Å². The van der Waals surface area contributed by atoms with Crippen molar-refractivity contribution in [3.8, 4) is 11.1 Å². The summed E-state index contributed by atoms with van der Waals surface area (Å²) in [4.78, 5) is 24.7. The Hall–Kier alpha value is -3.53. The third-order valence-corrected chi connectivity index (χ3v) is 4.97. The zero-order valence-electron chi connectivity index (χ0n) is 18.4. The topological polar surface area (TPSA) is 109 Å². The van der Waals surface area contributed by atoms with Gasteiger partial charge in [0.1, 0.15) is 11.3 Å². The molecular formula is C22H26FN7O2. The average molecular weight is 439 g/mol. The largest absolute Gasteiger partial charge is 0.383 e. The van der Waals surface area contributed by atoms with Gasteiger partial charge in [-0.3, -0.25) is 4.79 Å². The number of nitrogens with one attached hydrogen (secondary N) is 3. The molecule has 0 aliphatic heterocycles. The summed E-state index contributed by atoms with van der Waals surface area (Å²) >= 11 is 0. The minimum Gasteiger partial charge on any atom is -0.383 e. The van der Waals surface area contributed by atoms with Crippen molar-refractivity contribution in [3.63, 3.8) is 0 Å². The minimum absolute atomic E-state index is 0.0729. The van der Waals surface area contributed by atoms with Crippen LogP contribution in [0, 0.1) is 0 Å². The van der Waals surface area contributed by atoms with Gasteiger partial charge in [0, 0.05) is 42.7 Å². The molecule has 10 heteroatoms. The molecule has 0 radical (unpaired) electrons. The van der Waals surface area contributed by atoms with E-state index in [1.807, 2.05) is 25.3 Å². The highest BCUT2D eigenvalue weighted by molar-refractivity contribution is 6.02. The Balaban J connectivity index is 1.64. The number of nitrogens with zero attached hydrogens (tertiary/aromatic N) is 4. The molecule has 0 spiro atoms. The van der Waals surface area contributed by atoms with Crippen molar-refractivity contribution in [3.05, 3.63) is 42.5 Å². The second-order valence-electron chi connectivity index (χ2n) is 8.36. The second kappa shape index (κ2) is 8.54. The molecule has 0 fully saturated rings. The van der Waals surface area contributed by atoms with Crippen LogP contribution in [0.1, 0.15) is 31.1 Å². The van der Waals surface area contributed by atoms with E-state index in [9.17, 15) is 9.18 Å². The lowest BCUT2D eigenvalue weighted by Gasteiger charge is -2.14. The monoisotopic (exact) mass is 439 g/mol. The minimum atomic E-state index is -1.50. The molecule has 1 atom stereocenters. The molecule has 0 saturated heterocycles. The lowest BCUT2D eigenvalue weighted by Crippen LogP contribution is -2.35. The molecule has 1 amide bonds. The SMILES string of the molecule is COCC(C)Nc1ncc2c(-c3ccn4ncc(C(=O)NCC(C)(C)F)c4c3)c[nH]c2n1. The summed E-state index contributed by atoms with van der Waals surface area (Å²) in [5.41, 5.74) is 1.98. The zero-order chi connectivity index (χ0) is 22.9. The van der Waals surface area contributed by atoms with Crippen molar-refractivity contribution >= 4 is 28.4 Å². The van der Waals surface area contributed by atoms with Gasteiger partial charge in [0.05, 0.1) is 30.4 Å². The van der Waals surface area contributed by atoms with Crippen LogP contribution in [0.4, 0.5) is 10.3 Å². The number of ether oxygens (including phenoxy) is 1. The van der Waals surface area contributed by atoms with E-state index in [1.54, 1.807) is 24.0 Å². The molecule has 3 N–H and O–H groups in total. The number of rotatable bonds is 8. The highest BCUT2D eigenvalue weighted by Crippen LogP contribution is 2.29. The number of fused-ring (bicyclic) bond motifs is 2. The van der Waals surface area contributed by atoms with Crippen molar-refractivity contribution in [2.45, 2.75) is 32.5 Å². The number of H-pyrrole nitrogens is 1. The molecule has 4 aromatic heterocycles. The molecule has 0 bridgehead atoms. The number of pyridine rings is 1. The van der Waals surface area contributed by atoms with E-state index in [2.05, 4.69) is 30.7 Å². The van der Waals surface area contributed by atoms with E-state index in [-0.39, 0.29) is 18.5 Å². The molecule has 4 rings (SSSR count). The van der Waals surface area contributed by atoms with Crippen LogP contribution in [-0.4, -0.2) is 62.4 Å². The van der Waals surface area contributed by atoms with E-state index in [1.165, 1.54) is 20.0 Å². The number of alkyl halides is 1. The Bertz CT molecular complexity index is 1260. The number of aromatic amines is 1. The van der Waals surface area contributed by atoms with Crippen LogP contribution < -0.4 is 10.6 Å². The third kappa shape index (κ3) is 4.54. The fourth-order valence-electron chi connectivity index (χ4n) is 3.44. The van der Waals surface area contributed by atoms with E-state index in [0.29, 0.717) is 29.3 Å². The maximum atomic E-state index is 13.8. The Kier molecular flexibility index (Phi) is 5.79. The highest BCUT2D eigenvalue weighted by atomic mass is 19.1. The Morgan fingerprint density at radius 2 is 2.19 bits per heavy atom. The van der Waals surface area contributed by atoms with Crippen molar-refractivity contribution in [2.24, 2.45) is 0 Å². The van der Waals surface area contributed by atoms with Gasteiger partial charge in [0.2, 0.25) is 5.95 Å². The summed E-state index contributed by atoms with van der Waals surface area (Å²) in [7, 11) is 1.65. The molecule has 0 aliphatic rings. The number of hydrogen-bond acceptors (Lipinski definition) is 6. The molecule has 4 heterocycles. The Morgan fingerprint density at radius 1 is 1.38 bits per heavy atom.